The van der Waals surface area contributed by atoms with Crippen LogP contribution < -0.4 is 10.6 Å². The number of halogens is 1. The summed E-state index contributed by atoms with van der Waals surface area (Å²) in [6, 6.07) is 22.3. The minimum Gasteiger partial charge on any atom is -0.381 e. The molecule has 1 heterocycles. The van der Waals surface area contributed by atoms with Gasteiger partial charge in [0.25, 0.3) is 0 Å². The van der Waals surface area contributed by atoms with Crippen molar-refractivity contribution in [2.75, 3.05) is 33.4 Å². The van der Waals surface area contributed by atoms with E-state index in [-0.39, 0.29) is 24.0 Å². The highest BCUT2D eigenvalue weighted by Crippen LogP contribution is 2.19. The molecule has 0 radical (unpaired) electrons. The van der Waals surface area contributed by atoms with Crippen LogP contribution in [0.2, 0.25) is 0 Å². The molecule has 1 fully saturated rings. The highest BCUT2D eigenvalue weighted by atomic mass is 127. The third-order valence-electron chi connectivity index (χ3n) is 6.19. The highest BCUT2D eigenvalue weighted by molar-refractivity contribution is 14.0. The Morgan fingerprint density at radius 3 is 2.36 bits per heavy atom. The van der Waals surface area contributed by atoms with Gasteiger partial charge in [-0.05, 0) is 50.2 Å². The fourth-order valence-corrected chi connectivity index (χ4v) is 4.27. The smallest absolute Gasteiger partial charge is 0.191 e. The van der Waals surface area contributed by atoms with Gasteiger partial charge in [0.1, 0.15) is 0 Å². The van der Waals surface area contributed by atoms with Gasteiger partial charge in [0, 0.05) is 45.4 Å². The van der Waals surface area contributed by atoms with Crippen LogP contribution in [-0.4, -0.2) is 56.3 Å². The van der Waals surface area contributed by atoms with Crippen LogP contribution >= 0.6 is 24.0 Å². The molecule has 0 aromatic heterocycles. The van der Waals surface area contributed by atoms with E-state index >= 15 is 0 Å². The van der Waals surface area contributed by atoms with E-state index in [9.17, 15) is 0 Å². The zero-order chi connectivity index (χ0) is 22.4. The average Bonchev–Trinajstić information content (AvgIpc) is 2.83. The highest BCUT2D eigenvalue weighted by Gasteiger charge is 2.25. The maximum atomic E-state index is 5.78. The predicted molar refractivity (Wildman–Crippen MR) is 149 cm³/mol. The fourth-order valence-electron chi connectivity index (χ4n) is 4.27. The Balaban J connectivity index is 0.00000385. The summed E-state index contributed by atoms with van der Waals surface area (Å²) in [6.07, 6.45) is 5.42. The SMILES string of the molecule is CN=C(NCCCCOCCc1ccccc1)NC1CCN(Cc2ccccc2)C(C)C1.I. The summed E-state index contributed by atoms with van der Waals surface area (Å²) in [5, 5.41) is 7.10. The van der Waals surface area contributed by atoms with Crippen LogP contribution in [0.15, 0.2) is 65.7 Å². The molecule has 0 saturated carbocycles. The molecule has 6 heteroatoms. The fraction of sp³-hybridized carbons (Fsp3) is 0.519. The number of aliphatic imine (C=N–C) groups is 1. The van der Waals surface area contributed by atoms with Crippen LogP contribution in [0, 0.1) is 0 Å². The average molecular weight is 565 g/mol. The van der Waals surface area contributed by atoms with Crippen LogP contribution in [0.5, 0.6) is 0 Å². The molecule has 2 atom stereocenters. The van der Waals surface area contributed by atoms with Crippen LogP contribution in [0.3, 0.4) is 0 Å². The molecule has 1 saturated heterocycles. The molecule has 3 rings (SSSR count). The molecule has 1 aliphatic heterocycles. The van der Waals surface area contributed by atoms with Crippen molar-refractivity contribution in [3.63, 3.8) is 0 Å². The third kappa shape index (κ3) is 10.4. The Kier molecular flexibility index (Phi) is 13.4. The first-order valence-corrected chi connectivity index (χ1v) is 12.1. The van der Waals surface area contributed by atoms with E-state index in [0.29, 0.717) is 12.1 Å². The summed E-state index contributed by atoms with van der Waals surface area (Å²) in [6.45, 7) is 7.02. The summed E-state index contributed by atoms with van der Waals surface area (Å²) < 4.78 is 5.78. The van der Waals surface area contributed by atoms with Crippen molar-refractivity contribution in [2.45, 2.75) is 57.7 Å². The molecule has 2 aromatic rings. The minimum atomic E-state index is 0. The zero-order valence-corrected chi connectivity index (χ0v) is 22.5. The lowest BCUT2D eigenvalue weighted by Crippen LogP contribution is -2.51. The summed E-state index contributed by atoms with van der Waals surface area (Å²) in [5.41, 5.74) is 2.73. The number of likely N-dealkylation sites (tertiary alicyclic amines) is 1. The molecule has 33 heavy (non-hydrogen) atoms. The van der Waals surface area contributed by atoms with E-state index in [1.165, 1.54) is 11.1 Å². The van der Waals surface area contributed by atoms with Crippen molar-refractivity contribution in [1.29, 1.82) is 0 Å². The Morgan fingerprint density at radius 2 is 1.70 bits per heavy atom. The first-order chi connectivity index (χ1) is 15.7. The van der Waals surface area contributed by atoms with E-state index in [2.05, 4.69) is 88.1 Å². The van der Waals surface area contributed by atoms with Gasteiger partial charge in [-0.15, -0.1) is 24.0 Å². The van der Waals surface area contributed by atoms with Crippen LogP contribution in [0.1, 0.15) is 43.7 Å². The molecule has 1 aliphatic rings. The molecule has 0 aliphatic carbocycles. The summed E-state index contributed by atoms with van der Waals surface area (Å²) in [7, 11) is 1.86. The van der Waals surface area contributed by atoms with Gasteiger partial charge in [0.05, 0.1) is 6.61 Å². The molecular weight excluding hydrogens is 523 g/mol. The second-order valence-corrected chi connectivity index (χ2v) is 8.72. The molecule has 2 N–H and O–H groups in total. The number of benzene rings is 2. The summed E-state index contributed by atoms with van der Waals surface area (Å²) >= 11 is 0. The van der Waals surface area contributed by atoms with Crippen molar-refractivity contribution in [1.82, 2.24) is 15.5 Å². The van der Waals surface area contributed by atoms with Gasteiger partial charge < -0.3 is 15.4 Å². The van der Waals surface area contributed by atoms with Gasteiger partial charge in [-0.2, -0.15) is 0 Å². The van der Waals surface area contributed by atoms with Crippen LogP contribution in [-0.2, 0) is 17.7 Å². The third-order valence-corrected chi connectivity index (χ3v) is 6.19. The maximum Gasteiger partial charge on any atom is 0.191 e. The molecule has 2 aromatic carbocycles. The van der Waals surface area contributed by atoms with Gasteiger partial charge in [-0.25, -0.2) is 0 Å². The monoisotopic (exact) mass is 564 g/mol. The van der Waals surface area contributed by atoms with E-state index in [0.717, 1.165) is 70.9 Å². The number of rotatable bonds is 11. The molecule has 0 bridgehead atoms. The zero-order valence-electron chi connectivity index (χ0n) is 20.2. The number of guanidine groups is 1. The second-order valence-electron chi connectivity index (χ2n) is 8.72. The van der Waals surface area contributed by atoms with Crippen molar-refractivity contribution < 1.29 is 4.74 Å². The lowest BCUT2D eigenvalue weighted by molar-refractivity contribution is 0.133. The predicted octanol–water partition coefficient (Wildman–Crippen LogP) is 4.86. The standard InChI is InChI=1S/C27H40N4O.HI/c1-23-21-26(15-18-31(23)22-25-13-7-4-8-14-25)30-27(28-2)29-17-9-10-19-32-20-16-24-11-5-3-6-12-24;/h3-8,11-14,23,26H,9-10,15-22H2,1-2H3,(H2,28,29,30);1H. The minimum absolute atomic E-state index is 0. The number of nitrogens with one attached hydrogen (secondary N) is 2. The number of hydrogen-bond donors (Lipinski definition) is 2. The van der Waals surface area contributed by atoms with E-state index in [1.54, 1.807) is 0 Å². The number of unbranched alkanes of at least 4 members (excludes halogenated alkanes) is 1. The van der Waals surface area contributed by atoms with Gasteiger partial charge in [-0.1, -0.05) is 60.7 Å². The lowest BCUT2D eigenvalue weighted by Gasteiger charge is -2.38. The molecule has 182 valence electrons. The first kappa shape index (κ1) is 27.6. The topological polar surface area (TPSA) is 48.9 Å². The van der Waals surface area contributed by atoms with Gasteiger partial charge in [0.15, 0.2) is 5.96 Å². The van der Waals surface area contributed by atoms with E-state index in [4.69, 9.17) is 4.74 Å². The van der Waals surface area contributed by atoms with Crippen molar-refractivity contribution >= 4 is 29.9 Å². The van der Waals surface area contributed by atoms with Gasteiger partial charge >= 0.3 is 0 Å². The van der Waals surface area contributed by atoms with Crippen molar-refractivity contribution in [3.05, 3.63) is 71.8 Å². The number of hydrogen-bond acceptors (Lipinski definition) is 3. The molecular formula is C27H41IN4O. The summed E-state index contributed by atoms with van der Waals surface area (Å²) in [4.78, 5) is 7.01. The van der Waals surface area contributed by atoms with Gasteiger partial charge in [0.2, 0.25) is 0 Å². The number of piperidine rings is 1. The largest absolute Gasteiger partial charge is 0.381 e. The molecule has 0 amide bonds. The Bertz CT molecular complexity index is 787. The quantitative estimate of drug-likeness (QED) is 0.177. The molecule has 5 nitrogen and oxygen atoms in total. The number of ether oxygens (including phenoxy) is 1. The van der Waals surface area contributed by atoms with Crippen molar-refractivity contribution in [2.24, 2.45) is 4.99 Å². The maximum absolute atomic E-state index is 5.78. The first-order valence-electron chi connectivity index (χ1n) is 12.1. The second kappa shape index (κ2) is 16.1. The Labute approximate surface area is 217 Å². The lowest BCUT2D eigenvalue weighted by atomic mass is 9.97. The van der Waals surface area contributed by atoms with Gasteiger partial charge in [-0.3, -0.25) is 9.89 Å². The Hall–Kier alpha value is -1.64. The van der Waals surface area contributed by atoms with Crippen LogP contribution in [0.4, 0.5) is 0 Å². The van der Waals surface area contributed by atoms with Crippen LogP contribution in [0.25, 0.3) is 0 Å². The van der Waals surface area contributed by atoms with Crippen molar-refractivity contribution in [3.8, 4) is 0 Å². The molecule has 0 spiro atoms. The van der Waals surface area contributed by atoms with E-state index < -0.39 is 0 Å². The molecule has 2 unspecified atom stereocenters. The van der Waals surface area contributed by atoms with E-state index in [1.807, 2.05) is 7.05 Å². The normalized spacial score (nSPS) is 19.0. The summed E-state index contributed by atoms with van der Waals surface area (Å²) in [5.74, 6) is 0.920. The number of nitrogens with zero attached hydrogens (tertiary/aromatic N) is 2. The Morgan fingerprint density at radius 1 is 1.00 bits per heavy atom.